The van der Waals surface area contributed by atoms with E-state index in [1.54, 1.807) is 19.4 Å². The van der Waals surface area contributed by atoms with Gasteiger partial charge in [-0.25, -0.2) is 0 Å². The van der Waals surface area contributed by atoms with E-state index >= 15 is 0 Å². The summed E-state index contributed by atoms with van der Waals surface area (Å²) in [5.41, 5.74) is 6.03. The molecule has 1 saturated heterocycles. The third-order valence-corrected chi connectivity index (χ3v) is 6.14. The number of fused-ring (bicyclic) bond motifs is 1. The minimum absolute atomic E-state index is 0.0561. The number of methoxy groups -OCH3 is 1. The molecule has 5 heteroatoms. The molecular formula is C26H30N2O3. The molecule has 1 aliphatic rings. The first-order valence-electron chi connectivity index (χ1n) is 10.8. The standard InChI is InChI=1S/C26H30N2O3/c1-18(22-15-23-19(2)17-31-26(23)20(3)25(22)30-4)14-24(29)28-12-10-27(11-13-28)16-21-8-6-5-7-9-21/h5-9,14-15,17H,10-13,16H2,1-4H3/b18-14+. The Kier molecular flexibility index (Phi) is 6.14. The van der Waals surface area contributed by atoms with E-state index in [1.807, 2.05) is 31.7 Å². The molecule has 0 unspecified atom stereocenters. The summed E-state index contributed by atoms with van der Waals surface area (Å²) in [4.78, 5) is 17.3. The molecule has 1 fully saturated rings. The molecule has 2 heterocycles. The summed E-state index contributed by atoms with van der Waals surface area (Å²) in [6, 6.07) is 12.5. The van der Waals surface area contributed by atoms with Crippen molar-refractivity contribution in [3.05, 3.63) is 71.0 Å². The van der Waals surface area contributed by atoms with Gasteiger partial charge in [-0.05, 0) is 43.5 Å². The molecule has 0 radical (unpaired) electrons. The Balaban J connectivity index is 1.48. The number of carbonyl (C=O) groups excluding carboxylic acids is 1. The highest BCUT2D eigenvalue weighted by atomic mass is 16.5. The van der Waals surface area contributed by atoms with Crippen LogP contribution >= 0.6 is 0 Å². The van der Waals surface area contributed by atoms with Gasteiger partial charge in [-0.1, -0.05) is 30.3 Å². The fraction of sp³-hybridized carbons (Fsp3) is 0.346. The van der Waals surface area contributed by atoms with Crippen LogP contribution < -0.4 is 4.74 Å². The van der Waals surface area contributed by atoms with Gasteiger partial charge in [0.15, 0.2) is 0 Å². The zero-order valence-corrected chi connectivity index (χ0v) is 18.8. The number of aryl methyl sites for hydroxylation is 2. The number of allylic oxidation sites excluding steroid dienone is 1. The number of ether oxygens (including phenoxy) is 1. The topological polar surface area (TPSA) is 45.9 Å². The second-order valence-corrected chi connectivity index (χ2v) is 8.29. The lowest BCUT2D eigenvalue weighted by atomic mass is 9.98. The maximum Gasteiger partial charge on any atom is 0.246 e. The molecule has 0 atom stereocenters. The van der Waals surface area contributed by atoms with Crippen molar-refractivity contribution in [3.8, 4) is 5.75 Å². The first kappa shape index (κ1) is 21.2. The van der Waals surface area contributed by atoms with Crippen LogP contribution in [-0.4, -0.2) is 49.0 Å². The fourth-order valence-corrected chi connectivity index (χ4v) is 4.32. The normalized spacial score (nSPS) is 15.5. The van der Waals surface area contributed by atoms with Gasteiger partial charge in [-0.3, -0.25) is 9.69 Å². The van der Waals surface area contributed by atoms with Gasteiger partial charge in [0.25, 0.3) is 0 Å². The van der Waals surface area contributed by atoms with E-state index in [1.165, 1.54) is 5.56 Å². The molecule has 162 valence electrons. The van der Waals surface area contributed by atoms with Crippen LogP contribution in [0.2, 0.25) is 0 Å². The molecule has 0 aliphatic carbocycles. The van der Waals surface area contributed by atoms with Crippen molar-refractivity contribution >= 4 is 22.4 Å². The number of hydrogen-bond donors (Lipinski definition) is 0. The lowest BCUT2D eigenvalue weighted by molar-refractivity contribution is -0.127. The Labute approximate surface area is 183 Å². The molecule has 1 aromatic heterocycles. The largest absolute Gasteiger partial charge is 0.496 e. The second kappa shape index (κ2) is 8.98. The SMILES string of the molecule is COc1c(/C(C)=C/C(=O)N2CCN(Cc3ccccc3)CC2)cc2c(C)coc2c1C. The van der Waals surface area contributed by atoms with Crippen LogP contribution in [0.25, 0.3) is 16.5 Å². The predicted molar refractivity (Wildman–Crippen MR) is 124 cm³/mol. The van der Waals surface area contributed by atoms with E-state index in [0.717, 1.165) is 71.7 Å². The summed E-state index contributed by atoms with van der Waals surface area (Å²) in [7, 11) is 1.66. The number of carbonyl (C=O) groups is 1. The lowest BCUT2D eigenvalue weighted by Crippen LogP contribution is -2.47. The summed E-state index contributed by atoms with van der Waals surface area (Å²) in [5, 5.41) is 1.06. The fourth-order valence-electron chi connectivity index (χ4n) is 4.32. The molecule has 2 aromatic carbocycles. The van der Waals surface area contributed by atoms with Crippen molar-refractivity contribution in [3.63, 3.8) is 0 Å². The van der Waals surface area contributed by atoms with Crippen LogP contribution in [0.4, 0.5) is 0 Å². The van der Waals surface area contributed by atoms with E-state index in [0.29, 0.717) is 0 Å². The van der Waals surface area contributed by atoms with Gasteiger partial charge in [0.05, 0.1) is 13.4 Å². The van der Waals surface area contributed by atoms with Crippen LogP contribution in [0.15, 0.2) is 53.2 Å². The first-order chi connectivity index (χ1) is 15.0. The molecule has 31 heavy (non-hydrogen) atoms. The monoisotopic (exact) mass is 418 g/mol. The zero-order valence-electron chi connectivity index (χ0n) is 18.8. The van der Waals surface area contributed by atoms with Gasteiger partial charge in [0.2, 0.25) is 5.91 Å². The number of hydrogen-bond acceptors (Lipinski definition) is 4. The summed E-state index contributed by atoms with van der Waals surface area (Å²) in [6.45, 7) is 10.2. The van der Waals surface area contributed by atoms with Gasteiger partial charge in [-0.15, -0.1) is 0 Å². The second-order valence-electron chi connectivity index (χ2n) is 8.29. The van der Waals surface area contributed by atoms with E-state index in [-0.39, 0.29) is 5.91 Å². The molecule has 1 amide bonds. The Morgan fingerprint density at radius 2 is 1.84 bits per heavy atom. The van der Waals surface area contributed by atoms with E-state index in [9.17, 15) is 4.79 Å². The van der Waals surface area contributed by atoms with Gasteiger partial charge in [0.1, 0.15) is 11.3 Å². The quantitative estimate of drug-likeness (QED) is 0.558. The van der Waals surface area contributed by atoms with Gasteiger partial charge < -0.3 is 14.1 Å². The van der Waals surface area contributed by atoms with Crippen molar-refractivity contribution in [1.82, 2.24) is 9.80 Å². The summed E-state index contributed by atoms with van der Waals surface area (Å²) in [6.07, 6.45) is 3.51. The highest BCUT2D eigenvalue weighted by Gasteiger charge is 2.21. The van der Waals surface area contributed by atoms with E-state index < -0.39 is 0 Å². The van der Waals surface area contributed by atoms with E-state index in [2.05, 4.69) is 35.2 Å². The highest BCUT2D eigenvalue weighted by molar-refractivity contribution is 5.98. The van der Waals surface area contributed by atoms with Crippen molar-refractivity contribution in [1.29, 1.82) is 0 Å². The summed E-state index contributed by atoms with van der Waals surface area (Å²) in [5.74, 6) is 0.816. The van der Waals surface area contributed by atoms with Crippen LogP contribution in [0.5, 0.6) is 5.75 Å². The van der Waals surface area contributed by atoms with Crippen molar-refractivity contribution in [2.45, 2.75) is 27.3 Å². The Morgan fingerprint density at radius 3 is 2.52 bits per heavy atom. The van der Waals surface area contributed by atoms with Gasteiger partial charge in [0, 0.05) is 55.3 Å². The Hall–Kier alpha value is -3.05. The van der Waals surface area contributed by atoms with Crippen molar-refractivity contribution in [2.75, 3.05) is 33.3 Å². The average Bonchev–Trinajstić information content (AvgIpc) is 3.15. The number of nitrogens with zero attached hydrogens (tertiary/aromatic N) is 2. The minimum Gasteiger partial charge on any atom is -0.496 e. The number of benzene rings is 2. The third-order valence-electron chi connectivity index (χ3n) is 6.14. The van der Waals surface area contributed by atoms with Gasteiger partial charge in [-0.2, -0.15) is 0 Å². The average molecular weight is 419 g/mol. The molecule has 0 saturated carbocycles. The number of furan rings is 1. The molecule has 0 N–H and O–H groups in total. The predicted octanol–water partition coefficient (Wildman–Crippen LogP) is 4.81. The molecule has 0 spiro atoms. The minimum atomic E-state index is 0.0561. The zero-order chi connectivity index (χ0) is 22.0. The highest BCUT2D eigenvalue weighted by Crippen LogP contribution is 2.37. The van der Waals surface area contributed by atoms with Crippen molar-refractivity contribution < 1.29 is 13.9 Å². The van der Waals surface area contributed by atoms with Crippen molar-refractivity contribution in [2.24, 2.45) is 0 Å². The first-order valence-corrected chi connectivity index (χ1v) is 10.8. The number of piperazine rings is 1. The number of rotatable bonds is 5. The maximum atomic E-state index is 13.0. The van der Waals surface area contributed by atoms with Crippen LogP contribution in [0.1, 0.15) is 29.2 Å². The van der Waals surface area contributed by atoms with Crippen LogP contribution in [-0.2, 0) is 11.3 Å². The molecule has 5 nitrogen and oxygen atoms in total. The molecule has 1 aliphatic heterocycles. The third kappa shape index (κ3) is 4.37. The summed E-state index contributed by atoms with van der Waals surface area (Å²) >= 11 is 0. The smallest absolute Gasteiger partial charge is 0.246 e. The summed E-state index contributed by atoms with van der Waals surface area (Å²) < 4.78 is 11.4. The Morgan fingerprint density at radius 1 is 1.13 bits per heavy atom. The molecule has 4 rings (SSSR count). The molecular weight excluding hydrogens is 388 g/mol. The maximum absolute atomic E-state index is 13.0. The molecule has 3 aromatic rings. The van der Waals surface area contributed by atoms with E-state index in [4.69, 9.17) is 9.15 Å². The molecule has 0 bridgehead atoms. The van der Waals surface area contributed by atoms with Crippen LogP contribution in [0.3, 0.4) is 0 Å². The Bertz CT molecular complexity index is 1110. The van der Waals surface area contributed by atoms with Gasteiger partial charge >= 0.3 is 0 Å². The lowest BCUT2D eigenvalue weighted by Gasteiger charge is -2.34. The number of amides is 1. The van der Waals surface area contributed by atoms with Crippen LogP contribution in [0, 0.1) is 13.8 Å².